The topological polar surface area (TPSA) is 51.1 Å². The Morgan fingerprint density at radius 1 is 1.14 bits per heavy atom. The lowest BCUT2D eigenvalue weighted by Gasteiger charge is -2.31. The maximum atomic E-state index is 5.89. The van der Waals surface area contributed by atoms with Crippen molar-refractivity contribution >= 4 is 0 Å². The van der Waals surface area contributed by atoms with Gasteiger partial charge >= 0.3 is 6.01 Å². The van der Waals surface area contributed by atoms with Crippen LogP contribution in [0.2, 0.25) is 0 Å². The van der Waals surface area contributed by atoms with E-state index in [9.17, 15) is 0 Å². The van der Waals surface area contributed by atoms with Crippen LogP contribution in [0.5, 0.6) is 6.01 Å². The number of hydrogen-bond donors (Lipinski definition) is 0. The third-order valence-corrected chi connectivity index (χ3v) is 4.03. The summed E-state index contributed by atoms with van der Waals surface area (Å²) >= 11 is 0. The summed E-state index contributed by atoms with van der Waals surface area (Å²) in [5.74, 6) is 0. The molecule has 0 radical (unpaired) electrons. The van der Waals surface area contributed by atoms with Gasteiger partial charge in [-0.05, 0) is 36.5 Å². The molecule has 0 amide bonds. The van der Waals surface area contributed by atoms with Crippen molar-refractivity contribution in [3.63, 3.8) is 0 Å². The molecule has 0 spiro atoms. The first-order valence-electron chi connectivity index (χ1n) is 7.92. The van der Waals surface area contributed by atoms with Crippen LogP contribution in [0.3, 0.4) is 0 Å². The fourth-order valence-corrected chi connectivity index (χ4v) is 2.67. The van der Waals surface area contributed by atoms with Crippen LogP contribution in [0, 0.1) is 0 Å². The first-order chi connectivity index (χ1) is 10.8. The van der Waals surface area contributed by atoms with Crippen LogP contribution in [0.25, 0.3) is 0 Å². The summed E-state index contributed by atoms with van der Waals surface area (Å²) in [5.41, 5.74) is 2.40. The van der Waals surface area contributed by atoms with Crippen LogP contribution < -0.4 is 4.74 Å². The lowest BCUT2D eigenvalue weighted by molar-refractivity contribution is 0.0891. The van der Waals surface area contributed by atoms with Crippen molar-refractivity contribution in [1.29, 1.82) is 0 Å². The van der Waals surface area contributed by atoms with E-state index in [-0.39, 0.29) is 6.10 Å². The highest BCUT2D eigenvalue weighted by molar-refractivity contribution is 5.09. The predicted octanol–water partition coefficient (Wildman–Crippen LogP) is 2.48. The quantitative estimate of drug-likeness (QED) is 0.849. The molecule has 2 aromatic heterocycles. The molecule has 0 aromatic carbocycles. The minimum absolute atomic E-state index is 0.220. The van der Waals surface area contributed by atoms with Crippen LogP contribution in [0.4, 0.5) is 0 Å². The Hall–Kier alpha value is -2.01. The van der Waals surface area contributed by atoms with Crippen LogP contribution in [-0.4, -0.2) is 39.0 Å². The molecule has 0 bridgehead atoms. The Morgan fingerprint density at radius 2 is 1.91 bits per heavy atom. The first-order valence-corrected chi connectivity index (χ1v) is 7.92. The monoisotopic (exact) mass is 298 g/mol. The average Bonchev–Trinajstić information content (AvgIpc) is 2.58. The molecule has 0 N–H and O–H groups in total. The minimum Gasteiger partial charge on any atom is -0.460 e. The van der Waals surface area contributed by atoms with Gasteiger partial charge in [0.05, 0.1) is 0 Å². The first kappa shape index (κ1) is 14.9. The molecule has 0 unspecified atom stereocenters. The summed E-state index contributed by atoms with van der Waals surface area (Å²) in [6.07, 6.45) is 10.6. The van der Waals surface area contributed by atoms with Crippen molar-refractivity contribution in [1.82, 2.24) is 19.9 Å². The Labute approximate surface area is 131 Å². The van der Waals surface area contributed by atoms with Crippen molar-refractivity contribution in [3.05, 3.63) is 48.0 Å². The number of piperidine rings is 1. The van der Waals surface area contributed by atoms with Crippen LogP contribution >= 0.6 is 0 Å². The molecule has 22 heavy (non-hydrogen) atoms. The second-order valence-corrected chi connectivity index (χ2v) is 5.68. The minimum atomic E-state index is 0.220. The van der Waals surface area contributed by atoms with Gasteiger partial charge in [0.25, 0.3) is 0 Å². The van der Waals surface area contributed by atoms with E-state index in [4.69, 9.17) is 4.74 Å². The van der Waals surface area contributed by atoms with E-state index in [0.29, 0.717) is 6.01 Å². The van der Waals surface area contributed by atoms with E-state index in [1.165, 1.54) is 5.56 Å². The van der Waals surface area contributed by atoms with E-state index < -0.39 is 0 Å². The summed E-state index contributed by atoms with van der Waals surface area (Å²) in [6, 6.07) is 4.62. The molecule has 1 saturated heterocycles. The van der Waals surface area contributed by atoms with Gasteiger partial charge in [-0.25, -0.2) is 9.97 Å². The van der Waals surface area contributed by atoms with E-state index >= 15 is 0 Å². The predicted molar refractivity (Wildman–Crippen MR) is 84.6 cm³/mol. The van der Waals surface area contributed by atoms with Gasteiger partial charge in [-0.3, -0.25) is 9.88 Å². The average molecular weight is 298 g/mol. The highest BCUT2D eigenvalue weighted by Crippen LogP contribution is 2.17. The molecular formula is C17H22N4O. The Balaban J connectivity index is 1.47. The Bertz CT molecular complexity index is 565. The lowest BCUT2D eigenvalue weighted by Crippen LogP contribution is -2.38. The largest absolute Gasteiger partial charge is 0.460 e. The van der Waals surface area contributed by atoms with Crippen molar-refractivity contribution < 1.29 is 4.74 Å². The van der Waals surface area contributed by atoms with Crippen molar-refractivity contribution in [2.75, 3.05) is 13.1 Å². The fraction of sp³-hybridized carbons (Fsp3) is 0.471. The molecule has 1 aliphatic rings. The summed E-state index contributed by atoms with van der Waals surface area (Å²) in [6.45, 7) is 5.12. The smallest absolute Gasteiger partial charge is 0.316 e. The number of aryl methyl sites for hydroxylation is 1. The van der Waals surface area contributed by atoms with E-state index in [2.05, 4.69) is 32.8 Å². The van der Waals surface area contributed by atoms with Crippen molar-refractivity contribution in [3.8, 4) is 6.01 Å². The van der Waals surface area contributed by atoms with Gasteiger partial charge in [-0.1, -0.05) is 13.0 Å². The summed E-state index contributed by atoms with van der Waals surface area (Å²) in [5, 5.41) is 0. The second kappa shape index (κ2) is 7.31. The highest BCUT2D eigenvalue weighted by Gasteiger charge is 2.21. The molecule has 3 rings (SSSR count). The maximum Gasteiger partial charge on any atom is 0.316 e. The fourth-order valence-electron chi connectivity index (χ4n) is 2.67. The Kier molecular flexibility index (Phi) is 4.96. The number of ether oxygens (including phenoxy) is 1. The van der Waals surface area contributed by atoms with E-state index in [1.54, 1.807) is 0 Å². The standard InChI is InChI=1S/C17H22N4O/c1-2-14-11-19-17(20-12-14)22-16-5-8-21(9-6-16)13-15-4-3-7-18-10-15/h3-4,7,10-12,16H,2,5-6,8-9,13H2,1H3. The van der Waals surface area contributed by atoms with Gasteiger partial charge in [0.1, 0.15) is 6.10 Å². The number of nitrogens with zero attached hydrogens (tertiary/aromatic N) is 4. The zero-order valence-electron chi connectivity index (χ0n) is 13.0. The molecular weight excluding hydrogens is 276 g/mol. The van der Waals surface area contributed by atoms with Gasteiger partial charge in [0, 0.05) is 44.4 Å². The van der Waals surface area contributed by atoms with Gasteiger partial charge < -0.3 is 4.74 Å². The molecule has 5 heteroatoms. The molecule has 0 saturated carbocycles. The lowest BCUT2D eigenvalue weighted by atomic mass is 10.1. The SMILES string of the molecule is CCc1cnc(OC2CCN(Cc3cccnc3)CC2)nc1. The normalized spacial score (nSPS) is 16.6. The van der Waals surface area contributed by atoms with E-state index in [0.717, 1.165) is 44.5 Å². The van der Waals surface area contributed by atoms with Crippen LogP contribution in [0.15, 0.2) is 36.9 Å². The summed E-state index contributed by atoms with van der Waals surface area (Å²) < 4.78 is 5.89. The zero-order chi connectivity index (χ0) is 15.2. The second-order valence-electron chi connectivity index (χ2n) is 5.68. The summed E-state index contributed by atoms with van der Waals surface area (Å²) in [7, 11) is 0. The van der Waals surface area contributed by atoms with Gasteiger partial charge in [-0.15, -0.1) is 0 Å². The van der Waals surface area contributed by atoms with Crippen LogP contribution in [-0.2, 0) is 13.0 Å². The molecule has 116 valence electrons. The van der Waals surface area contributed by atoms with Crippen molar-refractivity contribution in [2.24, 2.45) is 0 Å². The Morgan fingerprint density at radius 3 is 2.55 bits per heavy atom. The maximum absolute atomic E-state index is 5.89. The third kappa shape index (κ3) is 4.01. The van der Waals surface area contributed by atoms with Gasteiger partial charge in [0.15, 0.2) is 0 Å². The van der Waals surface area contributed by atoms with Crippen LogP contribution in [0.1, 0.15) is 30.9 Å². The number of likely N-dealkylation sites (tertiary alicyclic amines) is 1. The molecule has 0 aliphatic carbocycles. The molecule has 2 aromatic rings. The van der Waals surface area contributed by atoms with E-state index in [1.807, 2.05) is 30.9 Å². The van der Waals surface area contributed by atoms with Crippen molar-refractivity contribution in [2.45, 2.75) is 38.8 Å². The molecule has 3 heterocycles. The summed E-state index contributed by atoms with van der Waals surface area (Å²) in [4.78, 5) is 15.2. The molecule has 1 fully saturated rings. The number of hydrogen-bond acceptors (Lipinski definition) is 5. The number of aromatic nitrogens is 3. The number of pyridine rings is 1. The molecule has 5 nitrogen and oxygen atoms in total. The molecule has 1 aliphatic heterocycles. The third-order valence-electron chi connectivity index (χ3n) is 4.03. The molecule has 0 atom stereocenters. The van der Waals surface area contributed by atoms with Gasteiger partial charge in [-0.2, -0.15) is 0 Å². The number of rotatable bonds is 5. The zero-order valence-corrected chi connectivity index (χ0v) is 13.0. The van der Waals surface area contributed by atoms with Gasteiger partial charge in [0.2, 0.25) is 0 Å². The highest BCUT2D eigenvalue weighted by atomic mass is 16.5.